The van der Waals surface area contributed by atoms with E-state index >= 15 is 0 Å². The Hall–Kier alpha value is -1.56. The second-order valence-corrected chi connectivity index (χ2v) is 12.6. The highest BCUT2D eigenvalue weighted by atomic mass is 32.2. The van der Waals surface area contributed by atoms with Crippen LogP contribution in [-0.4, -0.2) is 32.2 Å². The normalized spacial score (nSPS) is 37.0. The molecule has 1 aromatic carbocycles. The zero-order valence-electron chi connectivity index (χ0n) is 18.1. The van der Waals surface area contributed by atoms with E-state index in [1.807, 2.05) is 0 Å². The van der Waals surface area contributed by atoms with Gasteiger partial charge >= 0.3 is 0 Å². The van der Waals surface area contributed by atoms with Crippen LogP contribution in [0.15, 0.2) is 17.0 Å². The number of carbonyl (C=O) groups is 1. The summed E-state index contributed by atoms with van der Waals surface area (Å²) < 4.78 is 26.7. The number of sulfone groups is 1. The first kappa shape index (κ1) is 20.7. The molecule has 2 N–H and O–H groups in total. The molecule has 2 saturated carbocycles. The second kappa shape index (κ2) is 6.22. The van der Waals surface area contributed by atoms with Crippen LogP contribution in [0.3, 0.4) is 0 Å². The smallest absolute Gasteiger partial charge is 0.254 e. The highest BCUT2D eigenvalue weighted by Crippen LogP contribution is 2.66. The maximum Gasteiger partial charge on any atom is 0.254 e. The van der Waals surface area contributed by atoms with Crippen LogP contribution < -0.4 is 5.32 Å². The molecule has 5 nitrogen and oxygen atoms in total. The summed E-state index contributed by atoms with van der Waals surface area (Å²) in [6.07, 6.45) is 5.33. The van der Waals surface area contributed by atoms with Gasteiger partial charge in [-0.05, 0) is 71.5 Å². The molecule has 0 bridgehead atoms. The number of phenolic OH excluding ortho intramolecular Hbond substituents is 1. The van der Waals surface area contributed by atoms with Crippen LogP contribution in [0.2, 0.25) is 0 Å². The van der Waals surface area contributed by atoms with Gasteiger partial charge in [0.2, 0.25) is 0 Å². The average molecular weight is 420 g/mol. The van der Waals surface area contributed by atoms with E-state index in [0.29, 0.717) is 11.5 Å². The molecule has 160 valence electrons. The minimum Gasteiger partial charge on any atom is -0.507 e. The number of benzene rings is 1. The monoisotopic (exact) mass is 419 g/mol. The molecule has 2 fully saturated rings. The van der Waals surface area contributed by atoms with E-state index in [1.165, 1.54) is 19.5 Å². The van der Waals surface area contributed by atoms with Gasteiger partial charge in [-0.1, -0.05) is 34.1 Å². The molecular formula is C23H33NO4S. The quantitative estimate of drug-likeness (QED) is 0.720. The topological polar surface area (TPSA) is 83.5 Å². The first-order valence-electron chi connectivity index (χ1n) is 10.7. The van der Waals surface area contributed by atoms with Crippen LogP contribution in [0.25, 0.3) is 0 Å². The van der Waals surface area contributed by atoms with Gasteiger partial charge in [-0.3, -0.25) is 4.79 Å². The molecule has 6 heteroatoms. The van der Waals surface area contributed by atoms with Crippen LogP contribution in [0.5, 0.6) is 5.75 Å². The predicted octanol–water partition coefficient (Wildman–Crippen LogP) is 4.04. The first-order chi connectivity index (χ1) is 13.4. The number of nitrogens with one attached hydrogen (secondary N) is 1. The molecule has 0 aromatic heterocycles. The van der Waals surface area contributed by atoms with Crippen LogP contribution in [0.4, 0.5) is 0 Å². The van der Waals surface area contributed by atoms with E-state index in [9.17, 15) is 18.3 Å². The molecule has 1 aromatic rings. The number of hydrogen-bond acceptors (Lipinski definition) is 4. The second-order valence-electron chi connectivity index (χ2n) is 10.6. The van der Waals surface area contributed by atoms with Gasteiger partial charge in [0.05, 0.1) is 16.2 Å². The number of amides is 1. The number of phenols is 1. The van der Waals surface area contributed by atoms with Gasteiger partial charge in [-0.15, -0.1) is 0 Å². The maximum atomic E-state index is 13.3. The molecular weight excluding hydrogens is 386 g/mol. The number of fused-ring (bicyclic) bond motifs is 5. The van der Waals surface area contributed by atoms with Gasteiger partial charge in [0.15, 0.2) is 9.84 Å². The zero-order chi connectivity index (χ0) is 21.4. The third-order valence-corrected chi connectivity index (χ3v) is 10.5. The highest BCUT2D eigenvalue weighted by molar-refractivity contribution is 7.91. The summed E-state index contributed by atoms with van der Waals surface area (Å²) in [7, 11) is -2.03. The molecule has 1 aliphatic heterocycles. The van der Waals surface area contributed by atoms with Crippen molar-refractivity contribution in [2.45, 2.75) is 70.1 Å². The van der Waals surface area contributed by atoms with E-state index in [0.717, 1.165) is 25.7 Å². The summed E-state index contributed by atoms with van der Waals surface area (Å²) in [4.78, 5) is 12.5. The van der Waals surface area contributed by atoms with E-state index in [2.05, 4.69) is 33.0 Å². The number of aromatic hydroxyl groups is 1. The molecule has 0 unspecified atom stereocenters. The first-order valence-corrected chi connectivity index (χ1v) is 12.3. The van der Waals surface area contributed by atoms with Gasteiger partial charge in [0.1, 0.15) is 5.75 Å². The van der Waals surface area contributed by atoms with Gasteiger partial charge in [0.25, 0.3) is 5.91 Å². The lowest BCUT2D eigenvalue weighted by atomic mass is 9.43. The fraction of sp³-hybridized carbons (Fsp3) is 0.696. The standard InChI is InChI=1S/C23H33NO4S/c1-21(2)8-6-9-23(4)18(21)7-10-22(3)15-11-14(20(26)24-5)16(25)12-17(15)29(27,28)13-19(22)23/h11-12,18-19,25H,6-10,13H2,1-5H3,(H,24,26)/t18-,19-,22-,23-/m0/s1. The molecule has 1 heterocycles. The Labute approximate surface area is 174 Å². The number of hydrogen-bond donors (Lipinski definition) is 2. The third-order valence-electron chi connectivity index (χ3n) is 8.70. The van der Waals surface area contributed by atoms with Crippen LogP contribution in [-0.2, 0) is 15.3 Å². The van der Waals surface area contributed by atoms with Crippen LogP contribution in [0.1, 0.15) is 75.7 Å². The van der Waals surface area contributed by atoms with Crippen molar-refractivity contribution in [3.8, 4) is 5.75 Å². The Morgan fingerprint density at radius 1 is 1.10 bits per heavy atom. The summed E-state index contributed by atoms with van der Waals surface area (Å²) >= 11 is 0. The summed E-state index contributed by atoms with van der Waals surface area (Å²) in [5.74, 6) is -0.0419. The van der Waals surface area contributed by atoms with Crippen molar-refractivity contribution in [1.82, 2.24) is 5.32 Å². The Balaban J connectivity index is 1.93. The fourth-order valence-corrected chi connectivity index (χ4v) is 9.53. The minimum atomic E-state index is -3.54. The molecule has 29 heavy (non-hydrogen) atoms. The van der Waals surface area contributed by atoms with Gasteiger partial charge in [-0.2, -0.15) is 0 Å². The van der Waals surface area contributed by atoms with E-state index in [-0.39, 0.29) is 44.1 Å². The molecule has 1 amide bonds. The van der Waals surface area contributed by atoms with Crippen molar-refractivity contribution >= 4 is 15.7 Å². The van der Waals surface area contributed by atoms with Gasteiger partial charge < -0.3 is 10.4 Å². The van der Waals surface area contributed by atoms with Crippen molar-refractivity contribution in [1.29, 1.82) is 0 Å². The number of rotatable bonds is 1. The van der Waals surface area contributed by atoms with Crippen LogP contribution >= 0.6 is 0 Å². The van der Waals surface area contributed by atoms with Crippen LogP contribution in [0, 0.1) is 22.7 Å². The van der Waals surface area contributed by atoms with Gasteiger partial charge in [-0.25, -0.2) is 8.42 Å². The highest BCUT2D eigenvalue weighted by Gasteiger charge is 2.62. The molecule has 0 spiro atoms. The van der Waals surface area contributed by atoms with Crippen molar-refractivity contribution in [3.05, 3.63) is 23.3 Å². The summed E-state index contributed by atoms with van der Waals surface area (Å²) in [5.41, 5.74) is 0.703. The molecule has 3 aliphatic rings. The fourth-order valence-electron chi connectivity index (χ4n) is 7.24. The number of carbonyl (C=O) groups excluding carboxylic acids is 1. The Kier molecular flexibility index (Phi) is 4.44. The molecule has 0 radical (unpaired) electrons. The Morgan fingerprint density at radius 2 is 1.79 bits per heavy atom. The Morgan fingerprint density at radius 3 is 2.45 bits per heavy atom. The summed E-state index contributed by atoms with van der Waals surface area (Å²) in [5, 5.41) is 12.9. The van der Waals surface area contributed by atoms with E-state index in [4.69, 9.17) is 0 Å². The van der Waals surface area contributed by atoms with Crippen molar-refractivity contribution in [3.63, 3.8) is 0 Å². The molecule has 2 aliphatic carbocycles. The van der Waals surface area contributed by atoms with E-state index < -0.39 is 15.7 Å². The SMILES string of the molecule is CNC(=O)c1cc2c(cc1O)S(=O)(=O)C[C@@H]1[C@@]3(C)CCCC(C)(C)[C@@H]3CC[C@@]21C. The van der Waals surface area contributed by atoms with Gasteiger partial charge in [0, 0.05) is 7.05 Å². The summed E-state index contributed by atoms with van der Waals surface area (Å²) in [6.45, 7) is 9.16. The Bertz CT molecular complexity index is 983. The third kappa shape index (κ3) is 2.77. The molecule has 4 atom stereocenters. The lowest BCUT2D eigenvalue weighted by molar-refractivity contribution is -0.0981. The molecule has 4 rings (SSSR count). The lowest BCUT2D eigenvalue weighted by Crippen LogP contribution is -2.59. The van der Waals surface area contributed by atoms with Crippen molar-refractivity contribution in [2.24, 2.45) is 22.7 Å². The minimum absolute atomic E-state index is 0.00732. The predicted molar refractivity (Wildman–Crippen MR) is 113 cm³/mol. The van der Waals surface area contributed by atoms with E-state index in [1.54, 1.807) is 6.07 Å². The van der Waals surface area contributed by atoms with Crippen molar-refractivity contribution < 1.29 is 18.3 Å². The maximum absolute atomic E-state index is 13.3. The zero-order valence-corrected chi connectivity index (χ0v) is 18.9. The summed E-state index contributed by atoms with van der Waals surface area (Å²) in [6, 6.07) is 2.95. The van der Waals surface area contributed by atoms with Crippen molar-refractivity contribution in [2.75, 3.05) is 12.8 Å². The largest absolute Gasteiger partial charge is 0.507 e. The lowest BCUT2D eigenvalue weighted by Gasteiger charge is -2.63. The molecule has 0 saturated heterocycles. The average Bonchev–Trinajstić information content (AvgIpc) is 2.62.